The molecular weight excluding hydrogens is 566 g/mol. The number of anilines is 2. The Kier molecular flexibility index (Phi) is 9.86. The number of benzene rings is 2. The molecule has 2 aromatic carbocycles. The van der Waals surface area contributed by atoms with E-state index in [9.17, 15) is 22.4 Å². The van der Waals surface area contributed by atoms with Crippen LogP contribution in [0.3, 0.4) is 0 Å². The van der Waals surface area contributed by atoms with E-state index in [4.69, 9.17) is 4.74 Å². The van der Waals surface area contributed by atoms with Gasteiger partial charge in [0.15, 0.2) is 5.82 Å². The Morgan fingerprint density at radius 1 is 1.00 bits per heavy atom. The number of aryl methyl sites for hydroxylation is 1. The van der Waals surface area contributed by atoms with Gasteiger partial charge >= 0.3 is 6.18 Å². The van der Waals surface area contributed by atoms with E-state index in [0.717, 1.165) is 37.2 Å². The monoisotopic (exact) mass is 597 g/mol. The van der Waals surface area contributed by atoms with Crippen LogP contribution in [0.25, 0.3) is 11.4 Å². The van der Waals surface area contributed by atoms with E-state index in [-0.39, 0.29) is 17.3 Å². The molecule has 43 heavy (non-hydrogen) atoms. The quantitative estimate of drug-likeness (QED) is 0.208. The molecule has 13 heteroatoms. The van der Waals surface area contributed by atoms with Gasteiger partial charge < -0.3 is 19.9 Å². The van der Waals surface area contributed by atoms with Crippen LogP contribution in [-0.2, 0) is 12.6 Å². The minimum atomic E-state index is -4.64. The maximum Gasteiger partial charge on any atom is 0.416 e. The first-order valence-electron chi connectivity index (χ1n) is 13.5. The standard InChI is InChI=1S/C30H31F4N7O2/c1-5-26-36-18-37-27(39-26)21-8-6-13-35-29(21)43-20-10-11-23(31)22(17-20)28(42)38-24-16-19(30(32,33)34)9-12-25(24)41(4)15-7-14-40(2)3/h6,8-13,16-18H,5,7,14-15H2,1-4H3,(H,38,42). The number of carbonyl (C=O) groups excluding carboxylic acids is 1. The Hall–Kier alpha value is -4.65. The van der Waals surface area contributed by atoms with Crippen LogP contribution >= 0.6 is 0 Å². The molecule has 0 saturated carbocycles. The van der Waals surface area contributed by atoms with E-state index >= 15 is 0 Å². The first kappa shape index (κ1) is 31.3. The predicted octanol–water partition coefficient (Wildman–Crippen LogP) is 6.09. The third-order valence-corrected chi connectivity index (χ3v) is 6.43. The van der Waals surface area contributed by atoms with Gasteiger partial charge in [-0.25, -0.2) is 24.3 Å². The topological polar surface area (TPSA) is 96.4 Å². The Morgan fingerprint density at radius 3 is 2.51 bits per heavy atom. The summed E-state index contributed by atoms with van der Waals surface area (Å²) in [4.78, 5) is 33.9. The minimum absolute atomic E-state index is 0.0707. The fourth-order valence-electron chi connectivity index (χ4n) is 4.21. The van der Waals surface area contributed by atoms with E-state index in [2.05, 4.69) is 25.3 Å². The van der Waals surface area contributed by atoms with Crippen LogP contribution in [0.4, 0.5) is 28.9 Å². The maximum absolute atomic E-state index is 14.9. The molecule has 0 atom stereocenters. The van der Waals surface area contributed by atoms with E-state index in [1.165, 1.54) is 24.7 Å². The van der Waals surface area contributed by atoms with Gasteiger partial charge in [-0.05, 0) is 75.6 Å². The predicted molar refractivity (Wildman–Crippen MR) is 155 cm³/mol. The average Bonchev–Trinajstić information content (AvgIpc) is 2.97. The van der Waals surface area contributed by atoms with Crippen molar-refractivity contribution in [2.24, 2.45) is 0 Å². The summed E-state index contributed by atoms with van der Waals surface area (Å²) in [5.74, 6) is -0.769. The van der Waals surface area contributed by atoms with Gasteiger partial charge in [-0.1, -0.05) is 6.92 Å². The van der Waals surface area contributed by atoms with E-state index in [1.54, 1.807) is 24.1 Å². The lowest BCUT2D eigenvalue weighted by Gasteiger charge is -2.24. The fourth-order valence-corrected chi connectivity index (χ4v) is 4.21. The number of alkyl halides is 3. The minimum Gasteiger partial charge on any atom is -0.438 e. The number of carbonyl (C=O) groups is 1. The molecule has 4 aromatic rings. The molecule has 1 N–H and O–H groups in total. The van der Waals surface area contributed by atoms with Crippen molar-refractivity contribution in [3.05, 3.63) is 83.8 Å². The molecule has 0 aliphatic heterocycles. The van der Waals surface area contributed by atoms with Crippen molar-refractivity contribution < 1.29 is 27.1 Å². The number of hydrogen-bond acceptors (Lipinski definition) is 8. The maximum atomic E-state index is 14.9. The number of pyridine rings is 1. The molecule has 2 aromatic heterocycles. The molecule has 0 aliphatic carbocycles. The molecule has 226 valence electrons. The number of aromatic nitrogens is 4. The van der Waals surface area contributed by atoms with Crippen LogP contribution in [0.15, 0.2) is 61.1 Å². The highest BCUT2D eigenvalue weighted by atomic mass is 19.4. The van der Waals surface area contributed by atoms with E-state index in [0.29, 0.717) is 35.9 Å². The molecule has 4 rings (SSSR count). The number of halogens is 4. The summed E-state index contributed by atoms with van der Waals surface area (Å²) in [7, 11) is 5.54. The third kappa shape index (κ3) is 8.01. The molecule has 0 radical (unpaired) electrons. The van der Waals surface area contributed by atoms with Gasteiger partial charge in [0, 0.05) is 26.2 Å². The Morgan fingerprint density at radius 2 is 1.79 bits per heavy atom. The Bertz CT molecular complexity index is 1580. The number of nitrogens with one attached hydrogen (secondary N) is 1. The van der Waals surface area contributed by atoms with Crippen LogP contribution in [0.2, 0.25) is 0 Å². The van der Waals surface area contributed by atoms with Crippen LogP contribution in [-0.4, -0.2) is 65.0 Å². The number of ether oxygens (including phenoxy) is 1. The lowest BCUT2D eigenvalue weighted by Crippen LogP contribution is -2.25. The SMILES string of the molecule is CCc1ncnc(-c2cccnc2Oc2ccc(F)c(C(=O)Nc3cc(C(F)(F)F)ccc3N(C)CCCN(C)C)c2)n1. The van der Waals surface area contributed by atoms with Gasteiger partial charge in [0.05, 0.1) is 28.1 Å². The van der Waals surface area contributed by atoms with Crippen molar-refractivity contribution in [1.29, 1.82) is 0 Å². The molecule has 0 unspecified atom stereocenters. The summed E-state index contributed by atoms with van der Waals surface area (Å²) in [6.45, 7) is 3.17. The zero-order valence-electron chi connectivity index (χ0n) is 24.1. The first-order chi connectivity index (χ1) is 20.5. The van der Waals surface area contributed by atoms with Crippen molar-refractivity contribution in [2.75, 3.05) is 44.4 Å². The van der Waals surface area contributed by atoms with Crippen LogP contribution in [0.1, 0.15) is 35.1 Å². The Balaban J connectivity index is 1.62. The number of amides is 1. The van der Waals surface area contributed by atoms with Gasteiger partial charge in [-0.15, -0.1) is 0 Å². The molecule has 0 saturated heterocycles. The summed E-state index contributed by atoms with van der Waals surface area (Å²) < 4.78 is 61.5. The molecular formula is C30H31F4N7O2. The third-order valence-electron chi connectivity index (χ3n) is 6.43. The smallest absolute Gasteiger partial charge is 0.416 e. The summed E-state index contributed by atoms with van der Waals surface area (Å²) in [5, 5.41) is 2.47. The molecule has 0 fully saturated rings. The lowest BCUT2D eigenvalue weighted by molar-refractivity contribution is -0.137. The molecule has 2 heterocycles. The second kappa shape index (κ2) is 13.6. The second-order valence-corrected chi connectivity index (χ2v) is 9.94. The normalized spacial score (nSPS) is 11.5. The fraction of sp³-hybridized carbons (Fsp3) is 0.300. The van der Waals surface area contributed by atoms with Crippen LogP contribution in [0, 0.1) is 5.82 Å². The van der Waals surface area contributed by atoms with Crippen molar-refractivity contribution in [3.63, 3.8) is 0 Å². The van der Waals surface area contributed by atoms with Crippen LogP contribution < -0.4 is 15.0 Å². The molecule has 1 amide bonds. The van der Waals surface area contributed by atoms with E-state index in [1.807, 2.05) is 25.9 Å². The molecule has 0 spiro atoms. The Labute approximate surface area is 246 Å². The highest BCUT2D eigenvalue weighted by molar-refractivity contribution is 6.06. The molecule has 0 bridgehead atoms. The molecule has 0 aliphatic rings. The average molecular weight is 598 g/mol. The van der Waals surface area contributed by atoms with Gasteiger partial charge in [0.25, 0.3) is 5.91 Å². The largest absolute Gasteiger partial charge is 0.438 e. The van der Waals surface area contributed by atoms with Gasteiger partial charge in [-0.3, -0.25) is 4.79 Å². The van der Waals surface area contributed by atoms with Gasteiger partial charge in [0.1, 0.15) is 23.7 Å². The zero-order valence-corrected chi connectivity index (χ0v) is 24.1. The summed E-state index contributed by atoms with van der Waals surface area (Å²) >= 11 is 0. The van der Waals surface area contributed by atoms with Crippen molar-refractivity contribution >= 4 is 17.3 Å². The van der Waals surface area contributed by atoms with Gasteiger partial charge in [0.2, 0.25) is 5.88 Å². The second-order valence-electron chi connectivity index (χ2n) is 9.94. The summed E-state index contributed by atoms with van der Waals surface area (Å²) in [5.41, 5.74) is -0.678. The van der Waals surface area contributed by atoms with Crippen LogP contribution in [0.5, 0.6) is 11.6 Å². The zero-order chi connectivity index (χ0) is 31.1. The highest BCUT2D eigenvalue weighted by Gasteiger charge is 2.31. The van der Waals surface area contributed by atoms with Crippen molar-refractivity contribution in [3.8, 4) is 23.0 Å². The molecule has 9 nitrogen and oxygen atoms in total. The summed E-state index contributed by atoms with van der Waals surface area (Å²) in [6.07, 6.45) is -0.465. The number of nitrogens with zero attached hydrogens (tertiary/aromatic N) is 6. The van der Waals surface area contributed by atoms with Crippen molar-refractivity contribution in [2.45, 2.75) is 25.9 Å². The van der Waals surface area contributed by atoms with Crippen molar-refractivity contribution in [1.82, 2.24) is 24.8 Å². The van der Waals surface area contributed by atoms with E-state index < -0.39 is 29.0 Å². The summed E-state index contributed by atoms with van der Waals surface area (Å²) in [6, 6.07) is 9.94. The number of rotatable bonds is 11. The lowest BCUT2D eigenvalue weighted by atomic mass is 10.1. The number of hydrogen-bond donors (Lipinski definition) is 1. The first-order valence-corrected chi connectivity index (χ1v) is 13.5. The van der Waals surface area contributed by atoms with Gasteiger partial charge in [-0.2, -0.15) is 13.2 Å². The highest BCUT2D eigenvalue weighted by Crippen LogP contribution is 2.36.